The van der Waals surface area contributed by atoms with Crippen molar-refractivity contribution in [2.24, 2.45) is 5.10 Å². The van der Waals surface area contributed by atoms with Crippen molar-refractivity contribution in [3.05, 3.63) is 106 Å². The van der Waals surface area contributed by atoms with Crippen molar-refractivity contribution in [3.8, 4) is 11.5 Å². The van der Waals surface area contributed by atoms with Crippen LogP contribution in [0, 0.1) is 4.77 Å². The van der Waals surface area contributed by atoms with Crippen LogP contribution < -0.4 is 9.47 Å². The van der Waals surface area contributed by atoms with Gasteiger partial charge < -0.3 is 9.47 Å². The van der Waals surface area contributed by atoms with Crippen molar-refractivity contribution >= 4 is 18.4 Å². The molecule has 162 valence electrons. The summed E-state index contributed by atoms with van der Waals surface area (Å²) < 4.78 is 13.7. The van der Waals surface area contributed by atoms with E-state index in [9.17, 15) is 0 Å². The lowest BCUT2D eigenvalue weighted by molar-refractivity contribution is 0.284. The average molecular weight is 445 g/mol. The van der Waals surface area contributed by atoms with Crippen LogP contribution in [-0.2, 0) is 19.4 Å². The van der Waals surface area contributed by atoms with E-state index in [2.05, 4.69) is 27.4 Å². The van der Waals surface area contributed by atoms with Gasteiger partial charge in [0.05, 0.1) is 13.3 Å². The van der Waals surface area contributed by atoms with E-state index in [1.54, 1.807) is 18.0 Å². The van der Waals surface area contributed by atoms with Gasteiger partial charge in [-0.05, 0) is 41.9 Å². The summed E-state index contributed by atoms with van der Waals surface area (Å²) >= 11 is 5.39. The van der Waals surface area contributed by atoms with Crippen LogP contribution in [0.3, 0.4) is 0 Å². The number of ether oxygens (including phenoxy) is 2. The molecule has 0 aliphatic heterocycles. The molecule has 1 N–H and O–H groups in total. The Balaban J connectivity index is 1.55. The molecule has 0 saturated carbocycles. The van der Waals surface area contributed by atoms with Gasteiger partial charge in [0, 0.05) is 12.0 Å². The van der Waals surface area contributed by atoms with Crippen molar-refractivity contribution in [3.63, 3.8) is 0 Å². The Morgan fingerprint density at radius 3 is 2.38 bits per heavy atom. The summed E-state index contributed by atoms with van der Waals surface area (Å²) in [5, 5.41) is 11.8. The molecule has 0 saturated heterocycles. The molecular formula is C25H24N4O2S. The fraction of sp³-hybridized carbons (Fsp3) is 0.160. The molecule has 0 aliphatic rings. The lowest BCUT2D eigenvalue weighted by Crippen LogP contribution is -2.03. The van der Waals surface area contributed by atoms with Crippen LogP contribution in [0.15, 0.2) is 84.0 Å². The third-order valence-corrected chi connectivity index (χ3v) is 5.23. The summed E-state index contributed by atoms with van der Waals surface area (Å²) in [6.45, 7) is 0.426. The van der Waals surface area contributed by atoms with Gasteiger partial charge in [-0.15, -0.1) is 0 Å². The fourth-order valence-electron chi connectivity index (χ4n) is 3.31. The van der Waals surface area contributed by atoms with Gasteiger partial charge in [-0.3, -0.25) is 5.10 Å². The van der Waals surface area contributed by atoms with E-state index in [0.717, 1.165) is 23.4 Å². The van der Waals surface area contributed by atoms with Crippen LogP contribution in [0.25, 0.3) is 0 Å². The highest BCUT2D eigenvalue weighted by molar-refractivity contribution is 7.71. The molecule has 0 amide bonds. The Bertz CT molecular complexity index is 1230. The molecule has 0 unspecified atom stereocenters. The van der Waals surface area contributed by atoms with E-state index in [1.807, 2.05) is 66.7 Å². The minimum absolute atomic E-state index is 0.426. The summed E-state index contributed by atoms with van der Waals surface area (Å²) in [5.41, 5.74) is 3.10. The second-order valence-corrected chi connectivity index (χ2v) is 7.53. The molecule has 1 aromatic heterocycles. The quantitative estimate of drug-likeness (QED) is 0.285. The summed E-state index contributed by atoms with van der Waals surface area (Å²) in [6.07, 6.45) is 3.28. The Morgan fingerprint density at radius 1 is 0.938 bits per heavy atom. The van der Waals surface area contributed by atoms with E-state index in [4.69, 9.17) is 21.7 Å². The van der Waals surface area contributed by atoms with Crippen molar-refractivity contribution in [2.45, 2.75) is 19.4 Å². The lowest BCUT2D eigenvalue weighted by atomic mass is 10.1. The topological polar surface area (TPSA) is 64.4 Å². The van der Waals surface area contributed by atoms with Gasteiger partial charge in [0.25, 0.3) is 0 Å². The van der Waals surface area contributed by atoms with Gasteiger partial charge in [-0.25, -0.2) is 0 Å². The fourth-order valence-corrected chi connectivity index (χ4v) is 3.50. The molecule has 4 rings (SSSR count). The molecule has 0 spiro atoms. The minimum atomic E-state index is 0.426. The van der Waals surface area contributed by atoms with Gasteiger partial charge in [-0.2, -0.15) is 14.9 Å². The molecule has 0 bridgehead atoms. The number of aromatic nitrogens is 3. The zero-order valence-corrected chi connectivity index (χ0v) is 18.6. The molecule has 32 heavy (non-hydrogen) atoms. The van der Waals surface area contributed by atoms with Crippen LogP contribution >= 0.6 is 12.2 Å². The molecule has 7 heteroatoms. The number of aryl methyl sites for hydroxylation is 2. The van der Waals surface area contributed by atoms with E-state index in [0.29, 0.717) is 29.3 Å². The first-order chi connectivity index (χ1) is 15.7. The predicted molar refractivity (Wildman–Crippen MR) is 128 cm³/mol. The Hall–Kier alpha value is -3.71. The Labute approximate surface area is 192 Å². The van der Waals surface area contributed by atoms with Gasteiger partial charge in [-0.1, -0.05) is 66.7 Å². The first-order valence-corrected chi connectivity index (χ1v) is 10.7. The Morgan fingerprint density at radius 2 is 1.66 bits per heavy atom. The van der Waals surface area contributed by atoms with E-state index >= 15 is 0 Å². The van der Waals surface area contributed by atoms with Gasteiger partial charge in [0.15, 0.2) is 17.3 Å². The number of benzene rings is 3. The van der Waals surface area contributed by atoms with Crippen LogP contribution in [0.1, 0.15) is 22.5 Å². The zero-order valence-electron chi connectivity index (χ0n) is 17.8. The second kappa shape index (κ2) is 10.5. The van der Waals surface area contributed by atoms with Crippen molar-refractivity contribution in [2.75, 3.05) is 7.11 Å². The number of nitrogens with zero attached hydrogens (tertiary/aromatic N) is 3. The second-order valence-electron chi connectivity index (χ2n) is 7.14. The van der Waals surface area contributed by atoms with Gasteiger partial charge in [0.2, 0.25) is 4.77 Å². The highest BCUT2D eigenvalue weighted by atomic mass is 32.1. The molecular weight excluding hydrogens is 420 g/mol. The van der Waals surface area contributed by atoms with Crippen LogP contribution in [-0.4, -0.2) is 28.2 Å². The standard InChI is InChI=1S/C25H24N4O2S/c1-30-22-14-8-13-21(24(22)31-18-20-11-6-3-7-12-20)17-26-29-23(27-28-25(29)32)16-15-19-9-4-2-5-10-19/h2-14,17H,15-16,18H2,1H3,(H,28,32)/b26-17-. The molecule has 0 fully saturated rings. The summed E-state index contributed by atoms with van der Waals surface area (Å²) in [5.74, 6) is 2.04. The largest absolute Gasteiger partial charge is 0.493 e. The van der Waals surface area contributed by atoms with Crippen molar-refractivity contribution in [1.82, 2.24) is 14.9 Å². The number of hydrogen-bond donors (Lipinski definition) is 1. The smallest absolute Gasteiger partial charge is 0.216 e. The number of para-hydroxylation sites is 1. The van der Waals surface area contributed by atoms with Gasteiger partial charge in [0.1, 0.15) is 6.61 Å². The third-order valence-electron chi connectivity index (χ3n) is 4.97. The predicted octanol–water partition coefficient (Wildman–Crippen LogP) is 5.20. The normalized spacial score (nSPS) is 11.0. The molecule has 1 heterocycles. The molecule has 0 radical (unpaired) electrons. The monoisotopic (exact) mass is 444 g/mol. The summed E-state index contributed by atoms with van der Waals surface area (Å²) in [6, 6.07) is 26.0. The number of rotatable bonds is 9. The number of methoxy groups -OCH3 is 1. The SMILES string of the molecule is COc1cccc(/C=N\n2c(CCc3ccccc3)n[nH]c2=S)c1OCc1ccccc1. The highest BCUT2D eigenvalue weighted by Gasteiger charge is 2.11. The van der Waals surface area contributed by atoms with Gasteiger partial charge >= 0.3 is 0 Å². The Kier molecular flexibility index (Phi) is 7.09. The zero-order chi connectivity index (χ0) is 22.2. The van der Waals surface area contributed by atoms with E-state index in [1.165, 1.54) is 5.56 Å². The lowest BCUT2D eigenvalue weighted by Gasteiger charge is -2.13. The van der Waals surface area contributed by atoms with E-state index in [-0.39, 0.29) is 0 Å². The first-order valence-electron chi connectivity index (χ1n) is 10.3. The van der Waals surface area contributed by atoms with E-state index < -0.39 is 0 Å². The maximum absolute atomic E-state index is 6.11. The highest BCUT2D eigenvalue weighted by Crippen LogP contribution is 2.31. The third kappa shape index (κ3) is 5.31. The molecule has 3 aromatic carbocycles. The van der Waals surface area contributed by atoms with Crippen LogP contribution in [0.5, 0.6) is 11.5 Å². The number of nitrogens with one attached hydrogen (secondary N) is 1. The molecule has 0 aliphatic carbocycles. The maximum atomic E-state index is 6.11. The molecule has 4 aromatic rings. The number of H-pyrrole nitrogens is 1. The molecule has 0 atom stereocenters. The number of aromatic amines is 1. The van der Waals surface area contributed by atoms with Crippen molar-refractivity contribution in [1.29, 1.82) is 0 Å². The summed E-state index contributed by atoms with van der Waals surface area (Å²) in [7, 11) is 1.62. The molecule has 6 nitrogen and oxygen atoms in total. The van der Waals surface area contributed by atoms with Crippen molar-refractivity contribution < 1.29 is 9.47 Å². The number of hydrogen-bond acceptors (Lipinski definition) is 5. The average Bonchev–Trinajstić information content (AvgIpc) is 3.20. The minimum Gasteiger partial charge on any atom is -0.493 e. The first kappa shape index (κ1) is 21.5. The van der Waals surface area contributed by atoms with Crippen LogP contribution in [0.2, 0.25) is 0 Å². The van der Waals surface area contributed by atoms with Crippen LogP contribution in [0.4, 0.5) is 0 Å². The maximum Gasteiger partial charge on any atom is 0.216 e. The summed E-state index contributed by atoms with van der Waals surface area (Å²) in [4.78, 5) is 0.